The molecule has 0 unspecified atom stereocenters. The van der Waals surface area contributed by atoms with Crippen LogP contribution in [-0.2, 0) is 195 Å². The number of rotatable bonds is 32. The average Bonchev–Trinajstić information content (AvgIpc) is 1.52. The molecule has 0 N–H and O–H groups in total. The fraction of sp³-hybridized carbons (Fsp3) is 0.782. The maximum atomic E-state index is 13.8. The molecule has 0 aromatic carbocycles. The Morgan fingerprint density at radius 1 is 0.391 bits per heavy atom. The summed E-state index contributed by atoms with van der Waals surface area (Å²) in [4.78, 5) is 194. The molecule has 4 aliphatic carbocycles. The van der Waals surface area contributed by atoms with Gasteiger partial charge in [0.05, 0.1) is 30.7 Å². The van der Waals surface area contributed by atoms with E-state index in [4.69, 9.17) is 123 Å². The molecule has 0 spiro atoms. The quantitative estimate of drug-likeness (QED) is 0.0465. The van der Waals surface area contributed by atoms with Crippen LogP contribution in [0.5, 0.6) is 0 Å². The van der Waals surface area contributed by atoms with Crippen LogP contribution in [0.4, 0.5) is 0 Å². The first-order valence-electron chi connectivity index (χ1n) is 43.2. The van der Waals surface area contributed by atoms with Crippen LogP contribution < -0.4 is 0 Å². The Morgan fingerprint density at radius 3 is 1.18 bits per heavy atom. The monoisotopic (exact) mass is 1820 g/mol. The van der Waals surface area contributed by atoms with Gasteiger partial charge in [-0.3, -0.25) is 71.9 Å². The minimum Gasteiger partial charge on any atom is -0.494 e. The topological polar surface area (TPSA) is 496 Å². The highest BCUT2D eigenvalue weighted by Crippen LogP contribution is 2.69. The molecule has 128 heavy (non-hydrogen) atoms. The fourth-order valence-corrected chi connectivity index (χ4v) is 20.3. The number of fused-ring (bicyclic) bond motifs is 7. The van der Waals surface area contributed by atoms with E-state index in [-0.39, 0.29) is 53.1 Å². The van der Waals surface area contributed by atoms with Crippen molar-refractivity contribution in [2.45, 2.75) is 369 Å². The van der Waals surface area contributed by atoms with Crippen LogP contribution in [0.2, 0.25) is 0 Å². The highest BCUT2D eigenvalue weighted by molar-refractivity contribution is 5.72. The maximum absolute atomic E-state index is 13.8. The summed E-state index contributed by atoms with van der Waals surface area (Å²) in [6, 6.07) is 0. The summed E-state index contributed by atoms with van der Waals surface area (Å²) in [6.07, 6.45) is -34.7. The van der Waals surface area contributed by atoms with E-state index in [1.165, 1.54) is 26.3 Å². The zero-order chi connectivity index (χ0) is 94.2. The molecule has 0 radical (unpaired) electrons. The molecule has 0 amide bonds. The van der Waals surface area contributed by atoms with Gasteiger partial charge in [0.2, 0.25) is 0 Å². The molecule has 41 heteroatoms. The van der Waals surface area contributed by atoms with Crippen molar-refractivity contribution in [3.63, 3.8) is 0 Å². The molecule has 6 heterocycles. The normalized spacial score (nSPS) is 37.7. The molecule has 41 nitrogen and oxygen atoms in total. The fourth-order valence-electron chi connectivity index (χ4n) is 20.3. The van der Waals surface area contributed by atoms with Gasteiger partial charge in [-0.05, 0) is 112 Å². The Bertz CT molecular complexity index is 4140. The Labute approximate surface area is 740 Å². The first-order valence-corrected chi connectivity index (χ1v) is 43.2. The highest BCUT2D eigenvalue weighted by atomic mass is 16.8. The number of esters is 15. The molecule has 0 aromatic heterocycles. The van der Waals surface area contributed by atoms with E-state index in [1.54, 1.807) is 0 Å². The van der Waals surface area contributed by atoms with Crippen molar-refractivity contribution in [2.24, 2.45) is 40.4 Å². The summed E-state index contributed by atoms with van der Waals surface area (Å²) in [5, 5.41) is 0. The SMILES string of the molecule is CC(=O)OC[C@H]1O[C@@H](OC[C@@H](C)CCC2=C(C)[C@H]3[C@H](C[C@H]4[C@@H]5CC=C6C[C@@H](O[C@@H]7O[C@H](COC(C)=O)[C@@H](OC(C)=O)[C@H](O[C@@H]8O[C@@H](C)[C@H](O[C@@H]9O[C@H](COC(C)=O)[C@@H](OC(C)=O)[C@H](OC(C)=O)[C@H]9OC(C)=O)[C@@H](OC(C)=O)[C@H]8OC(C)=O)[C@H]7O[C@@H]7O[C@@H](C)[C@H](OC(C)=O)[C@@H](OC(C)=O)[C@H]7OC(C)=O)CC[C@]6(C)[C@H]5CC[C@@]43C)O2)[C@H](OC(C)=O)[C@@H](OC(C)=O)[C@@H]1OC(C)=O. The molecule has 10 aliphatic rings. The lowest BCUT2D eigenvalue weighted by Gasteiger charge is -2.58. The first-order chi connectivity index (χ1) is 60.1. The van der Waals surface area contributed by atoms with Crippen LogP contribution in [0.15, 0.2) is 23.0 Å². The van der Waals surface area contributed by atoms with E-state index < -0.39 is 269 Å². The molecule has 716 valence electrons. The van der Waals surface area contributed by atoms with Crippen LogP contribution in [0.1, 0.15) is 203 Å². The predicted molar refractivity (Wildman–Crippen MR) is 423 cm³/mol. The van der Waals surface area contributed by atoms with Gasteiger partial charge in [0.1, 0.15) is 62.5 Å². The second-order valence-corrected chi connectivity index (χ2v) is 34.9. The smallest absolute Gasteiger partial charge is 0.303 e. The van der Waals surface area contributed by atoms with Gasteiger partial charge in [0.15, 0.2) is 105 Å². The minimum absolute atomic E-state index is 0.0723. The number of allylic oxidation sites excluding steroid dienone is 2. The molecular formula is C87H122O41. The molecule has 3 saturated carbocycles. The van der Waals surface area contributed by atoms with Crippen molar-refractivity contribution in [3.05, 3.63) is 23.0 Å². The maximum Gasteiger partial charge on any atom is 0.303 e. The zero-order valence-electron chi connectivity index (χ0n) is 76.0. The van der Waals surface area contributed by atoms with Crippen molar-refractivity contribution in [3.8, 4) is 0 Å². The minimum atomic E-state index is -2.05. The van der Waals surface area contributed by atoms with Gasteiger partial charge >= 0.3 is 89.5 Å². The van der Waals surface area contributed by atoms with Crippen molar-refractivity contribution < 1.29 is 195 Å². The summed E-state index contributed by atoms with van der Waals surface area (Å²) in [5.74, 6) is -11.8. The average molecular weight is 1820 g/mol. The van der Waals surface area contributed by atoms with Crippen molar-refractivity contribution in [1.29, 1.82) is 0 Å². The molecule has 34 atom stereocenters. The third kappa shape index (κ3) is 24.6. The summed E-state index contributed by atoms with van der Waals surface area (Å²) in [5.41, 5.74) is 1.75. The van der Waals surface area contributed by atoms with Gasteiger partial charge in [-0.1, -0.05) is 32.4 Å². The van der Waals surface area contributed by atoms with E-state index in [0.29, 0.717) is 38.5 Å². The molecule has 10 rings (SSSR count). The largest absolute Gasteiger partial charge is 0.494 e. The zero-order valence-corrected chi connectivity index (χ0v) is 76.0. The Morgan fingerprint density at radius 2 is 0.742 bits per heavy atom. The van der Waals surface area contributed by atoms with Crippen molar-refractivity contribution in [2.75, 3.05) is 26.4 Å². The number of hydrogen-bond donors (Lipinski definition) is 0. The Kier molecular flexibility index (Phi) is 34.2. The number of hydrogen-bond acceptors (Lipinski definition) is 41. The summed E-state index contributed by atoms with van der Waals surface area (Å²) >= 11 is 0. The third-order valence-electron chi connectivity index (χ3n) is 25.1. The number of carbonyl (C=O) groups excluding carboxylic acids is 15. The molecule has 8 fully saturated rings. The van der Waals surface area contributed by atoms with Crippen LogP contribution in [0.25, 0.3) is 0 Å². The van der Waals surface area contributed by atoms with Gasteiger partial charge in [0, 0.05) is 116 Å². The lowest BCUT2D eigenvalue weighted by atomic mass is 9.47. The number of carbonyl (C=O) groups is 15. The van der Waals surface area contributed by atoms with Crippen molar-refractivity contribution in [1.82, 2.24) is 0 Å². The van der Waals surface area contributed by atoms with E-state index >= 15 is 0 Å². The summed E-state index contributed by atoms with van der Waals surface area (Å²) < 4.78 is 159. The molecule has 0 aromatic rings. The van der Waals surface area contributed by atoms with Crippen LogP contribution in [-0.4, -0.2) is 282 Å². The van der Waals surface area contributed by atoms with Gasteiger partial charge in [-0.15, -0.1) is 0 Å². The lowest BCUT2D eigenvalue weighted by Crippen LogP contribution is -2.69. The van der Waals surface area contributed by atoms with Gasteiger partial charge in [-0.25, -0.2) is 0 Å². The molecule has 5 saturated heterocycles. The molecule has 6 aliphatic heterocycles. The van der Waals surface area contributed by atoms with E-state index in [1.807, 2.05) is 6.92 Å². The summed E-state index contributed by atoms with van der Waals surface area (Å²) in [6.45, 7) is 25.9. The van der Waals surface area contributed by atoms with E-state index in [2.05, 4.69) is 26.8 Å². The van der Waals surface area contributed by atoms with E-state index in [9.17, 15) is 71.9 Å². The third-order valence-corrected chi connectivity index (χ3v) is 25.1. The second-order valence-electron chi connectivity index (χ2n) is 34.9. The summed E-state index contributed by atoms with van der Waals surface area (Å²) in [7, 11) is 0. The molecular weight excluding hydrogens is 1700 g/mol. The lowest BCUT2D eigenvalue weighted by molar-refractivity contribution is -0.398. The van der Waals surface area contributed by atoms with Crippen LogP contribution >= 0.6 is 0 Å². The van der Waals surface area contributed by atoms with Gasteiger partial charge in [0.25, 0.3) is 0 Å². The van der Waals surface area contributed by atoms with Crippen LogP contribution in [0.3, 0.4) is 0 Å². The molecule has 0 bridgehead atoms. The van der Waals surface area contributed by atoms with Gasteiger partial charge in [-0.2, -0.15) is 0 Å². The Hall–Kier alpha value is -9.07. The van der Waals surface area contributed by atoms with E-state index in [0.717, 1.165) is 128 Å². The highest BCUT2D eigenvalue weighted by Gasteiger charge is 2.66. The Balaban J connectivity index is 0.954. The number of ether oxygens (including phenoxy) is 26. The standard InChI is InChI=1S/C87H122O41/c1-36(32-106-81-76(117-51(16)99)73(115-49(14)97)68(110-44(9)92)62(123-81)33-103-40(5)88)22-25-60-37(2)65-61(122-60)31-59-57-24-23-55-30-56(26-28-86(55,20)58(57)27-29-87(59,65)21)121-84-80(128-83-77(118-52(17)100)71(113-47(12)95)66(38(3)107-83)109-43(8)91)75(70(112-46(11)94)64(124-84)35-105-42(7)90)127-82-78(119-53(18)101)72(114-48(13)96)67(39(4)108-82)126-85-79(120-54(19)102)74(116-50(15)98)69(111-45(10)93)63(125-85)34-104-41(6)89/h23,36,38-39,56-59,61-85H,22,24-35H2,1-21H3/t36-,38-,39-,56-,57+,58-,59-,61-,62+,63+,64+,65-,66-,67-,68+,69+,70+,71+,72+,73-,74-,75-,76+,77+,78+,79+,80+,81+,82-,83-,84+,85-,86-,87-/m0/s1. The second kappa shape index (κ2) is 43.3. The van der Waals surface area contributed by atoms with Gasteiger partial charge < -0.3 is 123 Å². The van der Waals surface area contributed by atoms with Crippen LogP contribution in [0, 0.1) is 40.4 Å². The first kappa shape index (κ1) is 101. The predicted octanol–water partition coefficient (Wildman–Crippen LogP) is 5.36. The van der Waals surface area contributed by atoms with Crippen molar-refractivity contribution >= 4 is 89.5 Å².